The first-order valence-electron chi connectivity index (χ1n) is 17.5. The second kappa shape index (κ2) is 13.0. The van der Waals surface area contributed by atoms with Crippen LogP contribution in [0.25, 0.3) is 60.9 Å². The molecule has 0 aliphatic heterocycles. The van der Waals surface area contributed by atoms with Gasteiger partial charge in [0.25, 0.3) is 0 Å². The number of hydrogen-bond acceptors (Lipinski definition) is 1. The molecule has 8 aromatic carbocycles. The van der Waals surface area contributed by atoms with E-state index >= 15 is 0 Å². The summed E-state index contributed by atoms with van der Waals surface area (Å²) in [6.07, 6.45) is 0. The van der Waals surface area contributed by atoms with Gasteiger partial charge in [-0.25, -0.2) is 0 Å². The molecule has 0 aliphatic rings. The Balaban J connectivity index is 1.19. The molecule has 0 amide bonds. The Morgan fingerprint density at radius 2 is 0.863 bits per heavy atom. The van der Waals surface area contributed by atoms with Gasteiger partial charge in [0.15, 0.2) is 0 Å². The van der Waals surface area contributed by atoms with Crippen LogP contribution < -0.4 is 4.90 Å². The molecule has 242 valence electrons. The molecule has 51 heavy (non-hydrogen) atoms. The van der Waals surface area contributed by atoms with Crippen molar-refractivity contribution in [2.24, 2.45) is 0 Å². The van der Waals surface area contributed by atoms with E-state index in [2.05, 4.69) is 217 Å². The van der Waals surface area contributed by atoms with Crippen LogP contribution in [0.15, 0.2) is 200 Å². The van der Waals surface area contributed by atoms with Crippen LogP contribution in [0, 0.1) is 6.92 Å². The number of rotatable bonds is 7. The highest BCUT2D eigenvalue weighted by molar-refractivity contribution is 6.16. The van der Waals surface area contributed by atoms with Crippen molar-refractivity contribution in [3.63, 3.8) is 0 Å². The van der Waals surface area contributed by atoms with Gasteiger partial charge >= 0.3 is 0 Å². The predicted octanol–water partition coefficient (Wildman–Crippen LogP) is 13.6. The van der Waals surface area contributed by atoms with E-state index in [1.165, 1.54) is 60.8 Å². The first-order valence-corrected chi connectivity index (χ1v) is 17.5. The van der Waals surface area contributed by atoms with Crippen LogP contribution in [-0.2, 0) is 0 Å². The second-order valence-electron chi connectivity index (χ2n) is 13.0. The summed E-state index contributed by atoms with van der Waals surface area (Å²) in [5, 5.41) is 2.51. The summed E-state index contributed by atoms with van der Waals surface area (Å²) >= 11 is 0. The molecule has 9 rings (SSSR count). The molecule has 9 aromatic rings. The topological polar surface area (TPSA) is 8.17 Å². The highest BCUT2D eigenvalue weighted by Crippen LogP contribution is 2.44. The Hall–Kier alpha value is -6.64. The van der Waals surface area contributed by atoms with Gasteiger partial charge in [0.1, 0.15) is 0 Å². The monoisotopic (exact) mass is 652 g/mol. The third-order valence-corrected chi connectivity index (χ3v) is 10.0. The third-order valence-electron chi connectivity index (χ3n) is 10.0. The highest BCUT2D eigenvalue weighted by Gasteiger charge is 2.20. The zero-order valence-corrected chi connectivity index (χ0v) is 28.4. The summed E-state index contributed by atoms with van der Waals surface area (Å²) in [6, 6.07) is 72.0. The summed E-state index contributed by atoms with van der Waals surface area (Å²) in [5.41, 5.74) is 15.5. The van der Waals surface area contributed by atoms with Gasteiger partial charge in [-0.1, -0.05) is 146 Å². The number of anilines is 3. The fourth-order valence-electron chi connectivity index (χ4n) is 7.55. The van der Waals surface area contributed by atoms with Crippen molar-refractivity contribution in [1.82, 2.24) is 4.57 Å². The van der Waals surface area contributed by atoms with Gasteiger partial charge in [-0.05, 0) is 100 Å². The molecule has 1 aromatic heterocycles. The SMILES string of the molecule is Cc1c(-c2cccc3c2c2ccccc2n3-c2ccc(-c3ccccc3)cc2)cccc1N(c1ccccc1)c1ccc(-c2ccccc2)cc1. The van der Waals surface area contributed by atoms with Crippen LogP contribution in [-0.4, -0.2) is 4.57 Å². The molecule has 0 bridgehead atoms. The molecule has 0 N–H and O–H groups in total. The molecule has 1 heterocycles. The predicted molar refractivity (Wildman–Crippen MR) is 217 cm³/mol. The molecule has 2 heteroatoms. The Morgan fingerprint density at radius 1 is 0.373 bits per heavy atom. The average molecular weight is 653 g/mol. The first kappa shape index (κ1) is 30.4. The van der Waals surface area contributed by atoms with Crippen LogP contribution in [0.1, 0.15) is 5.56 Å². The van der Waals surface area contributed by atoms with Crippen molar-refractivity contribution in [2.75, 3.05) is 4.90 Å². The molecule has 0 atom stereocenters. The molecule has 0 aliphatic carbocycles. The van der Waals surface area contributed by atoms with Crippen LogP contribution in [0.5, 0.6) is 0 Å². The van der Waals surface area contributed by atoms with Crippen molar-refractivity contribution >= 4 is 38.9 Å². The van der Waals surface area contributed by atoms with Crippen molar-refractivity contribution in [3.05, 3.63) is 206 Å². The summed E-state index contributed by atoms with van der Waals surface area (Å²) < 4.78 is 2.41. The molecule has 0 radical (unpaired) electrons. The van der Waals surface area contributed by atoms with E-state index in [1.807, 2.05) is 0 Å². The van der Waals surface area contributed by atoms with Crippen LogP contribution in [0.2, 0.25) is 0 Å². The third kappa shape index (κ3) is 5.48. The van der Waals surface area contributed by atoms with Gasteiger partial charge in [-0.15, -0.1) is 0 Å². The van der Waals surface area contributed by atoms with E-state index in [1.54, 1.807) is 0 Å². The lowest BCUT2D eigenvalue weighted by Gasteiger charge is -2.28. The number of benzene rings is 8. The molecule has 0 unspecified atom stereocenters. The minimum atomic E-state index is 1.12. The Morgan fingerprint density at radius 3 is 1.53 bits per heavy atom. The lowest BCUT2D eigenvalue weighted by Crippen LogP contribution is -2.11. The van der Waals surface area contributed by atoms with Crippen molar-refractivity contribution in [3.8, 4) is 39.1 Å². The maximum absolute atomic E-state index is 2.41. The molecular weight excluding hydrogens is 617 g/mol. The molecule has 0 fully saturated rings. The van der Waals surface area contributed by atoms with Crippen molar-refractivity contribution < 1.29 is 0 Å². The van der Waals surface area contributed by atoms with Crippen molar-refractivity contribution in [2.45, 2.75) is 6.92 Å². The zero-order valence-electron chi connectivity index (χ0n) is 28.4. The zero-order chi connectivity index (χ0) is 34.1. The molecule has 0 saturated heterocycles. The lowest BCUT2D eigenvalue weighted by molar-refractivity contribution is 1.18. The number of aromatic nitrogens is 1. The fourth-order valence-corrected chi connectivity index (χ4v) is 7.55. The highest BCUT2D eigenvalue weighted by atomic mass is 15.1. The minimum absolute atomic E-state index is 1.12. The molecule has 0 spiro atoms. The number of fused-ring (bicyclic) bond motifs is 3. The fraction of sp³-hybridized carbons (Fsp3) is 0.0204. The average Bonchev–Trinajstić information content (AvgIpc) is 3.55. The summed E-state index contributed by atoms with van der Waals surface area (Å²) in [5.74, 6) is 0. The van der Waals surface area contributed by atoms with Gasteiger partial charge in [0.05, 0.1) is 11.0 Å². The van der Waals surface area contributed by atoms with E-state index < -0.39 is 0 Å². The van der Waals surface area contributed by atoms with Gasteiger partial charge in [0.2, 0.25) is 0 Å². The standard InChI is InChI=1S/C49H36N2/c1-35-43(22-13-25-46(35)50(40-19-9-4-10-20-40)41-31-27-38(28-32-41)36-15-5-2-6-16-36)44-23-14-26-48-49(44)45-21-11-12-24-47(45)51(48)42-33-29-39(30-34-42)37-17-7-3-8-18-37/h2-34H,1H3. The van der Waals surface area contributed by atoms with Crippen LogP contribution >= 0.6 is 0 Å². The molecule has 0 saturated carbocycles. The van der Waals surface area contributed by atoms with Gasteiger partial charge in [0, 0.05) is 33.5 Å². The quantitative estimate of drug-likeness (QED) is 0.166. The Labute approximate surface area is 299 Å². The van der Waals surface area contributed by atoms with E-state index in [9.17, 15) is 0 Å². The Bertz CT molecular complexity index is 2600. The maximum atomic E-state index is 2.41. The normalized spacial score (nSPS) is 11.2. The summed E-state index contributed by atoms with van der Waals surface area (Å²) in [4.78, 5) is 2.38. The smallest absolute Gasteiger partial charge is 0.0547 e. The number of nitrogens with zero attached hydrogens (tertiary/aromatic N) is 2. The summed E-state index contributed by atoms with van der Waals surface area (Å²) in [7, 11) is 0. The number of para-hydroxylation sites is 2. The van der Waals surface area contributed by atoms with E-state index in [-0.39, 0.29) is 0 Å². The van der Waals surface area contributed by atoms with E-state index in [0.29, 0.717) is 0 Å². The largest absolute Gasteiger partial charge is 0.310 e. The lowest BCUT2D eigenvalue weighted by atomic mass is 9.94. The molecular formula is C49H36N2. The first-order chi connectivity index (χ1) is 25.2. The van der Waals surface area contributed by atoms with Crippen LogP contribution in [0.4, 0.5) is 17.1 Å². The van der Waals surface area contributed by atoms with Crippen molar-refractivity contribution in [1.29, 1.82) is 0 Å². The minimum Gasteiger partial charge on any atom is -0.310 e. The maximum Gasteiger partial charge on any atom is 0.0547 e. The second-order valence-corrected chi connectivity index (χ2v) is 13.0. The van der Waals surface area contributed by atoms with Gasteiger partial charge in [-0.2, -0.15) is 0 Å². The number of hydrogen-bond donors (Lipinski definition) is 0. The molecule has 2 nitrogen and oxygen atoms in total. The Kier molecular flexibility index (Phi) is 7.75. The van der Waals surface area contributed by atoms with Crippen LogP contribution in [0.3, 0.4) is 0 Å². The van der Waals surface area contributed by atoms with E-state index in [0.717, 1.165) is 22.7 Å². The summed E-state index contributed by atoms with van der Waals surface area (Å²) in [6.45, 7) is 2.26. The van der Waals surface area contributed by atoms with Gasteiger partial charge in [-0.3, -0.25) is 0 Å². The van der Waals surface area contributed by atoms with E-state index in [4.69, 9.17) is 0 Å². The van der Waals surface area contributed by atoms with Gasteiger partial charge < -0.3 is 9.47 Å².